The number of rotatable bonds is 4. The molecule has 0 bridgehead atoms. The number of benzene rings is 1. The number of aromatic nitrogens is 2. The van der Waals surface area contributed by atoms with Crippen molar-refractivity contribution in [3.05, 3.63) is 41.6 Å². The molecule has 0 aliphatic heterocycles. The molecule has 0 aliphatic rings. The van der Waals surface area contributed by atoms with Crippen LogP contribution in [-0.2, 0) is 6.54 Å². The van der Waals surface area contributed by atoms with E-state index < -0.39 is 6.36 Å². The van der Waals surface area contributed by atoms with Crippen LogP contribution in [0.4, 0.5) is 24.9 Å². The van der Waals surface area contributed by atoms with Gasteiger partial charge in [0.2, 0.25) is 5.95 Å². The number of halogens is 3. The molecule has 8 heteroatoms. The SMILES string of the molecule is Cc1cnc(N)nc1NCc1cccc(OC(F)(F)F)c1. The summed E-state index contributed by atoms with van der Waals surface area (Å²) in [6.45, 7) is 2.08. The minimum Gasteiger partial charge on any atom is -0.406 e. The zero-order valence-corrected chi connectivity index (χ0v) is 11.1. The molecular formula is C13H13F3N4O. The lowest BCUT2D eigenvalue weighted by Gasteiger charge is -2.11. The van der Waals surface area contributed by atoms with Gasteiger partial charge in [-0.15, -0.1) is 13.2 Å². The Labute approximate surface area is 119 Å². The van der Waals surface area contributed by atoms with Crippen LogP contribution < -0.4 is 15.8 Å². The van der Waals surface area contributed by atoms with Crippen LogP contribution in [0.3, 0.4) is 0 Å². The largest absolute Gasteiger partial charge is 0.573 e. The van der Waals surface area contributed by atoms with Crippen LogP contribution in [0.25, 0.3) is 0 Å². The van der Waals surface area contributed by atoms with Crippen LogP contribution in [-0.4, -0.2) is 16.3 Å². The van der Waals surface area contributed by atoms with E-state index in [2.05, 4.69) is 20.0 Å². The molecule has 0 amide bonds. The molecule has 2 rings (SSSR count). The summed E-state index contributed by atoms with van der Waals surface area (Å²) in [6, 6.07) is 5.71. The molecule has 0 saturated heterocycles. The lowest BCUT2D eigenvalue weighted by atomic mass is 10.2. The van der Waals surface area contributed by atoms with Gasteiger partial charge in [-0.1, -0.05) is 12.1 Å². The van der Waals surface area contributed by atoms with Crippen LogP contribution in [0, 0.1) is 6.92 Å². The van der Waals surface area contributed by atoms with Crippen molar-refractivity contribution in [2.45, 2.75) is 19.8 Å². The maximum absolute atomic E-state index is 12.2. The number of ether oxygens (including phenoxy) is 1. The summed E-state index contributed by atoms with van der Waals surface area (Å²) < 4.78 is 40.3. The molecule has 21 heavy (non-hydrogen) atoms. The number of nitrogens with two attached hydrogens (primary N) is 1. The van der Waals surface area contributed by atoms with Crippen molar-refractivity contribution >= 4 is 11.8 Å². The number of aryl methyl sites for hydroxylation is 1. The van der Waals surface area contributed by atoms with E-state index in [0.717, 1.165) is 5.56 Å². The van der Waals surface area contributed by atoms with Crippen molar-refractivity contribution in [3.63, 3.8) is 0 Å². The van der Waals surface area contributed by atoms with Crippen LogP contribution >= 0.6 is 0 Å². The van der Waals surface area contributed by atoms with Crippen molar-refractivity contribution < 1.29 is 17.9 Å². The topological polar surface area (TPSA) is 73.1 Å². The quantitative estimate of drug-likeness (QED) is 0.908. The number of nitrogens with one attached hydrogen (secondary N) is 1. The molecule has 112 valence electrons. The van der Waals surface area contributed by atoms with Crippen LogP contribution in [0.15, 0.2) is 30.5 Å². The average Bonchev–Trinajstić information content (AvgIpc) is 2.38. The Kier molecular flexibility index (Phi) is 4.15. The Morgan fingerprint density at radius 2 is 2.10 bits per heavy atom. The smallest absolute Gasteiger partial charge is 0.406 e. The average molecular weight is 298 g/mol. The van der Waals surface area contributed by atoms with E-state index in [-0.39, 0.29) is 18.2 Å². The van der Waals surface area contributed by atoms with E-state index in [0.29, 0.717) is 11.4 Å². The second-order valence-electron chi connectivity index (χ2n) is 4.31. The maximum Gasteiger partial charge on any atom is 0.573 e. The van der Waals surface area contributed by atoms with Crippen LogP contribution in [0.1, 0.15) is 11.1 Å². The third kappa shape index (κ3) is 4.51. The van der Waals surface area contributed by atoms with Crippen molar-refractivity contribution in [1.82, 2.24) is 9.97 Å². The number of anilines is 2. The first-order valence-electron chi connectivity index (χ1n) is 6.01. The Hall–Kier alpha value is -2.51. The number of hydrogen-bond acceptors (Lipinski definition) is 5. The predicted octanol–water partition coefficient (Wildman–Crippen LogP) is 2.88. The van der Waals surface area contributed by atoms with Gasteiger partial charge in [-0.2, -0.15) is 4.98 Å². The molecule has 0 unspecified atom stereocenters. The minimum atomic E-state index is -4.70. The van der Waals surface area contributed by atoms with Crippen molar-refractivity contribution in [3.8, 4) is 5.75 Å². The zero-order chi connectivity index (χ0) is 15.5. The predicted molar refractivity (Wildman–Crippen MR) is 71.6 cm³/mol. The van der Waals surface area contributed by atoms with E-state index in [1.54, 1.807) is 19.2 Å². The first-order chi connectivity index (χ1) is 9.83. The molecule has 0 spiro atoms. The van der Waals surface area contributed by atoms with Gasteiger partial charge in [0.15, 0.2) is 0 Å². The van der Waals surface area contributed by atoms with Gasteiger partial charge in [0.1, 0.15) is 11.6 Å². The van der Waals surface area contributed by atoms with Crippen molar-refractivity contribution in [2.24, 2.45) is 0 Å². The number of hydrogen-bond donors (Lipinski definition) is 2. The van der Waals surface area contributed by atoms with Gasteiger partial charge in [0, 0.05) is 18.3 Å². The van der Waals surface area contributed by atoms with Gasteiger partial charge in [-0.05, 0) is 24.6 Å². The summed E-state index contributed by atoms with van der Waals surface area (Å²) in [5.74, 6) is 0.391. The van der Waals surface area contributed by atoms with Crippen molar-refractivity contribution in [2.75, 3.05) is 11.1 Å². The highest BCUT2D eigenvalue weighted by Crippen LogP contribution is 2.23. The van der Waals surface area contributed by atoms with E-state index in [1.807, 2.05) is 0 Å². The summed E-state index contributed by atoms with van der Waals surface area (Å²) in [4.78, 5) is 7.84. The molecule has 1 aromatic heterocycles. The molecule has 0 saturated carbocycles. The molecule has 2 aromatic rings. The number of alkyl halides is 3. The molecule has 3 N–H and O–H groups in total. The summed E-state index contributed by atoms with van der Waals surface area (Å²) in [5, 5.41) is 2.99. The maximum atomic E-state index is 12.2. The number of nitrogens with zero attached hydrogens (tertiary/aromatic N) is 2. The second kappa shape index (κ2) is 5.86. The summed E-state index contributed by atoms with van der Waals surface area (Å²) >= 11 is 0. The van der Waals surface area contributed by atoms with Crippen LogP contribution in [0.2, 0.25) is 0 Å². The minimum absolute atomic E-state index is 0.122. The Balaban J connectivity index is 2.06. The second-order valence-corrected chi connectivity index (χ2v) is 4.31. The molecule has 1 aromatic carbocycles. The van der Waals surface area contributed by atoms with Gasteiger partial charge in [-0.25, -0.2) is 4.98 Å². The Bertz CT molecular complexity index is 631. The number of nitrogen functional groups attached to an aromatic ring is 1. The highest BCUT2D eigenvalue weighted by Gasteiger charge is 2.31. The van der Waals surface area contributed by atoms with Gasteiger partial charge in [0.05, 0.1) is 0 Å². The fraction of sp³-hybridized carbons (Fsp3) is 0.231. The molecule has 5 nitrogen and oxygen atoms in total. The summed E-state index contributed by atoms with van der Waals surface area (Å²) in [5.41, 5.74) is 6.89. The standard InChI is InChI=1S/C13H13F3N4O/c1-8-6-19-12(17)20-11(8)18-7-9-3-2-4-10(5-9)21-13(14,15)16/h2-6H,7H2,1H3,(H3,17,18,19,20). The molecule has 0 fully saturated rings. The van der Waals surface area contributed by atoms with Gasteiger partial charge < -0.3 is 15.8 Å². The molecule has 0 atom stereocenters. The highest BCUT2D eigenvalue weighted by atomic mass is 19.4. The third-order valence-corrected chi connectivity index (χ3v) is 2.58. The zero-order valence-electron chi connectivity index (χ0n) is 11.1. The molecular weight excluding hydrogens is 285 g/mol. The summed E-state index contributed by atoms with van der Waals surface area (Å²) in [6.07, 6.45) is -3.14. The normalized spacial score (nSPS) is 11.2. The molecule has 1 heterocycles. The monoisotopic (exact) mass is 298 g/mol. The van der Waals surface area contributed by atoms with E-state index in [1.165, 1.54) is 18.2 Å². The van der Waals surface area contributed by atoms with Gasteiger partial charge >= 0.3 is 6.36 Å². The Morgan fingerprint density at radius 3 is 2.81 bits per heavy atom. The van der Waals surface area contributed by atoms with Crippen molar-refractivity contribution in [1.29, 1.82) is 0 Å². The van der Waals surface area contributed by atoms with E-state index in [9.17, 15) is 13.2 Å². The van der Waals surface area contributed by atoms with Crippen LogP contribution in [0.5, 0.6) is 5.75 Å². The molecule has 0 radical (unpaired) electrons. The van der Waals surface area contributed by atoms with E-state index in [4.69, 9.17) is 5.73 Å². The summed E-state index contributed by atoms with van der Waals surface area (Å²) in [7, 11) is 0. The third-order valence-electron chi connectivity index (χ3n) is 2.58. The Morgan fingerprint density at radius 1 is 1.33 bits per heavy atom. The lowest BCUT2D eigenvalue weighted by Crippen LogP contribution is -2.17. The first-order valence-corrected chi connectivity index (χ1v) is 6.01. The van der Waals surface area contributed by atoms with Gasteiger partial charge in [0.25, 0.3) is 0 Å². The lowest BCUT2D eigenvalue weighted by molar-refractivity contribution is -0.274. The fourth-order valence-corrected chi connectivity index (χ4v) is 1.67. The fourth-order valence-electron chi connectivity index (χ4n) is 1.67. The van der Waals surface area contributed by atoms with E-state index >= 15 is 0 Å². The molecule has 0 aliphatic carbocycles. The van der Waals surface area contributed by atoms with Gasteiger partial charge in [-0.3, -0.25) is 0 Å². The highest BCUT2D eigenvalue weighted by molar-refractivity contribution is 5.45. The first kappa shape index (κ1) is 14.9.